The number of nitrogens with zero attached hydrogens (tertiary/aromatic N) is 1. The van der Waals surface area contributed by atoms with E-state index >= 15 is 0 Å². The highest BCUT2D eigenvalue weighted by Crippen LogP contribution is 2.64. The van der Waals surface area contributed by atoms with Gasteiger partial charge in [-0.2, -0.15) is 0 Å². The zero-order valence-corrected chi connectivity index (χ0v) is 11.4. The van der Waals surface area contributed by atoms with E-state index in [1.807, 2.05) is 6.20 Å². The van der Waals surface area contributed by atoms with Crippen LogP contribution in [0.5, 0.6) is 0 Å². The molecule has 0 radical (unpaired) electrons. The van der Waals surface area contributed by atoms with Gasteiger partial charge in [-0.05, 0) is 55.7 Å². The average molecular weight is 244 g/mol. The van der Waals surface area contributed by atoms with Gasteiger partial charge in [0.15, 0.2) is 0 Å². The number of hydrogen-bond donors (Lipinski definition) is 1. The van der Waals surface area contributed by atoms with Gasteiger partial charge in [-0.15, -0.1) is 0 Å². The van der Waals surface area contributed by atoms with Gasteiger partial charge in [0.1, 0.15) is 0 Å². The Morgan fingerprint density at radius 2 is 2.17 bits per heavy atom. The van der Waals surface area contributed by atoms with E-state index in [0.717, 1.165) is 13.1 Å². The van der Waals surface area contributed by atoms with Gasteiger partial charge in [0.2, 0.25) is 0 Å². The summed E-state index contributed by atoms with van der Waals surface area (Å²) in [6.07, 6.45) is 12.3. The second-order valence-corrected chi connectivity index (χ2v) is 6.41. The maximum absolute atomic E-state index is 4.32. The zero-order valence-electron chi connectivity index (χ0n) is 11.4. The van der Waals surface area contributed by atoms with Gasteiger partial charge in [0, 0.05) is 24.4 Å². The van der Waals surface area contributed by atoms with Crippen LogP contribution >= 0.6 is 0 Å². The summed E-state index contributed by atoms with van der Waals surface area (Å²) in [5, 5.41) is 3.63. The average Bonchev–Trinajstić information content (AvgIpc) is 2.31. The van der Waals surface area contributed by atoms with Crippen LogP contribution < -0.4 is 5.32 Å². The van der Waals surface area contributed by atoms with Crippen molar-refractivity contribution in [2.24, 2.45) is 5.41 Å². The molecule has 2 heteroatoms. The van der Waals surface area contributed by atoms with Crippen molar-refractivity contribution in [2.75, 3.05) is 13.1 Å². The summed E-state index contributed by atoms with van der Waals surface area (Å²) in [5.41, 5.74) is 2.54. The molecule has 1 spiro atoms. The molecule has 0 unspecified atom stereocenters. The van der Waals surface area contributed by atoms with Crippen LogP contribution in [0.2, 0.25) is 0 Å². The van der Waals surface area contributed by atoms with Gasteiger partial charge in [-0.3, -0.25) is 4.98 Å². The Hall–Kier alpha value is -0.890. The molecule has 1 N–H and O–H groups in total. The third-order valence-electron chi connectivity index (χ3n) is 5.01. The molecule has 2 fully saturated rings. The lowest BCUT2D eigenvalue weighted by atomic mass is 9.44. The summed E-state index contributed by atoms with van der Waals surface area (Å²) >= 11 is 0. The molecule has 0 amide bonds. The molecule has 2 nitrogen and oxygen atoms in total. The first kappa shape index (κ1) is 12.2. The van der Waals surface area contributed by atoms with Gasteiger partial charge in [0.05, 0.1) is 0 Å². The van der Waals surface area contributed by atoms with Gasteiger partial charge in [0.25, 0.3) is 0 Å². The van der Waals surface area contributed by atoms with Crippen molar-refractivity contribution in [2.45, 2.75) is 50.9 Å². The standard InChI is InChI=1S/C16H24N2/c1-2-8-18-13-16(14-5-3-9-17-10-14)11-15(12-16)6-4-7-15/h3,5,9-10,18H,2,4,6-8,11-13H2,1H3. The van der Waals surface area contributed by atoms with Crippen molar-refractivity contribution in [3.8, 4) is 0 Å². The largest absolute Gasteiger partial charge is 0.316 e. The Bertz CT molecular complexity index is 387. The maximum atomic E-state index is 4.32. The molecule has 0 bridgehead atoms. The van der Waals surface area contributed by atoms with E-state index in [4.69, 9.17) is 0 Å². The lowest BCUT2D eigenvalue weighted by molar-refractivity contribution is -0.0483. The van der Waals surface area contributed by atoms with E-state index in [1.165, 1.54) is 44.1 Å². The highest BCUT2D eigenvalue weighted by Gasteiger charge is 2.57. The van der Waals surface area contributed by atoms with E-state index in [1.54, 1.807) is 0 Å². The fourth-order valence-corrected chi connectivity index (χ4v) is 4.03. The van der Waals surface area contributed by atoms with Crippen LogP contribution in [0.25, 0.3) is 0 Å². The quantitative estimate of drug-likeness (QED) is 0.804. The van der Waals surface area contributed by atoms with Crippen LogP contribution in [0.3, 0.4) is 0 Å². The highest BCUT2D eigenvalue weighted by molar-refractivity contribution is 5.30. The fraction of sp³-hybridized carbons (Fsp3) is 0.688. The third-order valence-corrected chi connectivity index (χ3v) is 5.01. The fourth-order valence-electron chi connectivity index (χ4n) is 4.03. The second-order valence-electron chi connectivity index (χ2n) is 6.41. The van der Waals surface area contributed by atoms with E-state index < -0.39 is 0 Å². The van der Waals surface area contributed by atoms with Gasteiger partial charge in [-0.1, -0.05) is 19.4 Å². The molecule has 98 valence electrons. The van der Waals surface area contributed by atoms with E-state index in [2.05, 4.69) is 35.6 Å². The van der Waals surface area contributed by atoms with Gasteiger partial charge in [-0.25, -0.2) is 0 Å². The topological polar surface area (TPSA) is 24.9 Å². The van der Waals surface area contributed by atoms with Crippen molar-refractivity contribution in [3.05, 3.63) is 30.1 Å². The number of nitrogens with one attached hydrogen (secondary N) is 1. The first-order valence-electron chi connectivity index (χ1n) is 7.40. The van der Waals surface area contributed by atoms with E-state index in [-0.39, 0.29) is 0 Å². The molecule has 18 heavy (non-hydrogen) atoms. The smallest absolute Gasteiger partial charge is 0.0306 e. The molecule has 1 aromatic heterocycles. The number of hydrogen-bond acceptors (Lipinski definition) is 2. The van der Waals surface area contributed by atoms with Crippen molar-refractivity contribution >= 4 is 0 Å². The maximum Gasteiger partial charge on any atom is 0.0306 e. The van der Waals surface area contributed by atoms with Crippen LogP contribution in [0.1, 0.15) is 51.0 Å². The van der Waals surface area contributed by atoms with Crippen LogP contribution in [-0.2, 0) is 5.41 Å². The first-order valence-corrected chi connectivity index (χ1v) is 7.40. The lowest BCUT2D eigenvalue weighted by Crippen LogP contribution is -2.57. The van der Waals surface area contributed by atoms with Crippen molar-refractivity contribution in [3.63, 3.8) is 0 Å². The van der Waals surface area contributed by atoms with Crippen molar-refractivity contribution < 1.29 is 0 Å². The third kappa shape index (κ3) is 1.97. The monoisotopic (exact) mass is 244 g/mol. The molecule has 1 heterocycles. The molecule has 0 aromatic carbocycles. The number of rotatable bonds is 5. The lowest BCUT2D eigenvalue weighted by Gasteiger charge is -2.61. The number of aromatic nitrogens is 1. The van der Waals surface area contributed by atoms with Gasteiger partial charge >= 0.3 is 0 Å². The molecular weight excluding hydrogens is 220 g/mol. The van der Waals surface area contributed by atoms with Crippen LogP contribution in [0.4, 0.5) is 0 Å². The van der Waals surface area contributed by atoms with Crippen molar-refractivity contribution in [1.82, 2.24) is 10.3 Å². The van der Waals surface area contributed by atoms with Gasteiger partial charge < -0.3 is 5.32 Å². The minimum absolute atomic E-state index is 0.379. The molecular formula is C16H24N2. The molecule has 0 atom stereocenters. The SMILES string of the molecule is CCCNCC1(c2cccnc2)CC2(CCC2)C1. The highest BCUT2D eigenvalue weighted by atomic mass is 14.9. The zero-order chi connectivity index (χ0) is 12.5. The molecule has 0 aliphatic heterocycles. The minimum atomic E-state index is 0.379. The summed E-state index contributed by atoms with van der Waals surface area (Å²) in [4.78, 5) is 4.32. The van der Waals surface area contributed by atoms with Crippen molar-refractivity contribution in [1.29, 1.82) is 0 Å². The summed E-state index contributed by atoms with van der Waals surface area (Å²) in [5.74, 6) is 0. The molecule has 1 aromatic rings. The molecule has 2 aliphatic carbocycles. The molecule has 2 aliphatic rings. The summed E-state index contributed by atoms with van der Waals surface area (Å²) < 4.78 is 0. The van der Waals surface area contributed by atoms with Crippen LogP contribution in [0, 0.1) is 5.41 Å². The second kappa shape index (κ2) is 4.65. The van der Waals surface area contributed by atoms with E-state index in [9.17, 15) is 0 Å². The minimum Gasteiger partial charge on any atom is -0.316 e. The van der Waals surface area contributed by atoms with Crippen LogP contribution in [0.15, 0.2) is 24.5 Å². The predicted molar refractivity (Wildman–Crippen MR) is 74.6 cm³/mol. The Morgan fingerprint density at radius 3 is 2.72 bits per heavy atom. The Labute approximate surface area is 110 Å². The Balaban J connectivity index is 1.73. The Morgan fingerprint density at radius 1 is 1.33 bits per heavy atom. The summed E-state index contributed by atoms with van der Waals surface area (Å²) in [7, 11) is 0. The summed E-state index contributed by atoms with van der Waals surface area (Å²) in [6, 6.07) is 4.36. The number of pyridine rings is 1. The molecule has 2 saturated carbocycles. The van der Waals surface area contributed by atoms with E-state index in [0.29, 0.717) is 10.8 Å². The molecule has 3 rings (SSSR count). The predicted octanol–water partition coefficient (Wildman–Crippen LogP) is 3.28. The van der Waals surface area contributed by atoms with Crippen LogP contribution in [-0.4, -0.2) is 18.1 Å². The summed E-state index contributed by atoms with van der Waals surface area (Å²) in [6.45, 7) is 4.50. The normalized spacial score (nSPS) is 23.4. The molecule has 0 saturated heterocycles. The first-order chi connectivity index (χ1) is 8.79. The Kier molecular flexibility index (Phi) is 3.14.